The third-order valence-corrected chi connectivity index (χ3v) is 3.87. The molecule has 3 aromatic rings. The number of ether oxygens (including phenoxy) is 1. The molecular weight excluding hydrogens is 306 g/mol. The number of nitrogens with one attached hydrogen (secondary N) is 1. The molecule has 0 saturated heterocycles. The van der Waals surface area contributed by atoms with E-state index in [-0.39, 0.29) is 12.0 Å². The van der Waals surface area contributed by atoms with E-state index < -0.39 is 0 Å². The zero-order valence-electron chi connectivity index (χ0n) is 12.8. The number of nitrogens with zero attached hydrogens (tertiary/aromatic N) is 2. The summed E-state index contributed by atoms with van der Waals surface area (Å²) < 4.78 is 11.1. The summed E-state index contributed by atoms with van der Waals surface area (Å²) in [5.74, 6) is 1.48. The lowest BCUT2D eigenvalue weighted by molar-refractivity contribution is 0.0906. The first kappa shape index (κ1) is 14.4. The van der Waals surface area contributed by atoms with Crippen molar-refractivity contribution in [1.82, 2.24) is 15.3 Å². The van der Waals surface area contributed by atoms with Gasteiger partial charge in [0, 0.05) is 18.8 Å². The van der Waals surface area contributed by atoms with Gasteiger partial charge in [0.2, 0.25) is 0 Å². The molecule has 0 bridgehead atoms. The van der Waals surface area contributed by atoms with E-state index in [1.165, 1.54) is 6.26 Å². The number of furan rings is 1. The summed E-state index contributed by atoms with van der Waals surface area (Å²) in [6.45, 7) is 0.406. The molecule has 1 aliphatic heterocycles. The lowest BCUT2D eigenvalue weighted by atomic mass is 10.1. The van der Waals surface area contributed by atoms with Crippen LogP contribution in [0.1, 0.15) is 16.1 Å². The van der Waals surface area contributed by atoms with Crippen LogP contribution in [0.3, 0.4) is 0 Å². The molecule has 3 heterocycles. The zero-order chi connectivity index (χ0) is 16.4. The van der Waals surface area contributed by atoms with E-state index >= 15 is 0 Å². The standard InChI is InChI=1S/C18H15N3O3/c22-18(15-6-2-9-23-15)21-11-13-10-12-4-1-5-14(16(12)24-13)17-19-7-3-8-20-17/h1-9,13H,10-11H2,(H,21,22)/t13-/m1/s1. The monoisotopic (exact) mass is 321 g/mol. The van der Waals surface area contributed by atoms with Crippen LogP contribution in [0.5, 0.6) is 5.75 Å². The van der Waals surface area contributed by atoms with E-state index in [4.69, 9.17) is 9.15 Å². The Balaban J connectivity index is 1.47. The van der Waals surface area contributed by atoms with E-state index in [2.05, 4.69) is 15.3 Å². The summed E-state index contributed by atoms with van der Waals surface area (Å²) >= 11 is 0. The lowest BCUT2D eigenvalue weighted by Gasteiger charge is -2.12. The Morgan fingerprint density at radius 1 is 1.17 bits per heavy atom. The minimum absolute atomic E-state index is 0.122. The van der Waals surface area contributed by atoms with Crippen LogP contribution in [0.4, 0.5) is 0 Å². The second kappa shape index (κ2) is 6.16. The number of aromatic nitrogens is 2. The molecule has 1 aliphatic rings. The smallest absolute Gasteiger partial charge is 0.287 e. The predicted octanol–water partition coefficient (Wildman–Crippen LogP) is 2.47. The van der Waals surface area contributed by atoms with Gasteiger partial charge in [0.25, 0.3) is 5.91 Å². The summed E-state index contributed by atoms with van der Waals surface area (Å²) in [6, 6.07) is 11.0. The van der Waals surface area contributed by atoms with Crippen LogP contribution in [0, 0.1) is 0 Å². The highest BCUT2D eigenvalue weighted by Crippen LogP contribution is 2.37. The Kier molecular flexibility index (Phi) is 3.70. The lowest BCUT2D eigenvalue weighted by Crippen LogP contribution is -2.34. The zero-order valence-corrected chi connectivity index (χ0v) is 12.8. The molecule has 0 fully saturated rings. The second-order valence-electron chi connectivity index (χ2n) is 5.50. The fraction of sp³-hybridized carbons (Fsp3) is 0.167. The van der Waals surface area contributed by atoms with Gasteiger partial charge in [0.15, 0.2) is 11.6 Å². The number of carbonyl (C=O) groups excluding carboxylic acids is 1. The minimum atomic E-state index is -0.244. The number of hydrogen-bond donors (Lipinski definition) is 1. The van der Waals surface area contributed by atoms with Gasteiger partial charge < -0.3 is 14.5 Å². The normalized spacial score (nSPS) is 15.6. The van der Waals surface area contributed by atoms with Gasteiger partial charge in [0.05, 0.1) is 18.4 Å². The number of fused-ring (bicyclic) bond motifs is 1. The Labute approximate surface area is 138 Å². The molecule has 2 aromatic heterocycles. The van der Waals surface area contributed by atoms with Crippen LogP contribution >= 0.6 is 0 Å². The van der Waals surface area contributed by atoms with Crippen molar-refractivity contribution in [3.63, 3.8) is 0 Å². The third kappa shape index (κ3) is 2.74. The van der Waals surface area contributed by atoms with E-state index in [0.717, 1.165) is 23.3 Å². The van der Waals surface area contributed by atoms with E-state index in [1.807, 2.05) is 18.2 Å². The van der Waals surface area contributed by atoms with E-state index in [9.17, 15) is 4.79 Å². The highest BCUT2D eigenvalue weighted by Gasteiger charge is 2.27. The van der Waals surface area contributed by atoms with Gasteiger partial charge in [-0.2, -0.15) is 0 Å². The molecule has 4 rings (SSSR count). The van der Waals surface area contributed by atoms with Crippen molar-refractivity contribution in [3.8, 4) is 17.1 Å². The van der Waals surface area contributed by atoms with Gasteiger partial charge in [0.1, 0.15) is 11.9 Å². The summed E-state index contributed by atoms with van der Waals surface area (Å²) in [5, 5.41) is 2.83. The minimum Gasteiger partial charge on any atom is -0.487 e. The highest BCUT2D eigenvalue weighted by atomic mass is 16.5. The number of para-hydroxylation sites is 1. The maximum absolute atomic E-state index is 11.9. The average molecular weight is 321 g/mol. The summed E-state index contributed by atoms with van der Waals surface area (Å²) in [7, 11) is 0. The Morgan fingerprint density at radius 2 is 2.04 bits per heavy atom. The maximum atomic E-state index is 11.9. The van der Waals surface area contributed by atoms with Crippen LogP contribution in [0.25, 0.3) is 11.4 Å². The third-order valence-electron chi connectivity index (χ3n) is 3.87. The van der Waals surface area contributed by atoms with Gasteiger partial charge >= 0.3 is 0 Å². The molecule has 6 nitrogen and oxygen atoms in total. The maximum Gasteiger partial charge on any atom is 0.287 e. The van der Waals surface area contributed by atoms with Crippen LogP contribution in [-0.2, 0) is 6.42 Å². The average Bonchev–Trinajstić information content (AvgIpc) is 3.29. The summed E-state index contributed by atoms with van der Waals surface area (Å²) in [6.07, 6.45) is 5.50. The molecule has 1 N–H and O–H groups in total. The molecule has 6 heteroatoms. The topological polar surface area (TPSA) is 77.2 Å². The molecule has 0 spiro atoms. The molecule has 0 aliphatic carbocycles. The van der Waals surface area contributed by atoms with Crippen LogP contribution in [0.2, 0.25) is 0 Å². The van der Waals surface area contributed by atoms with Crippen LogP contribution in [-0.4, -0.2) is 28.5 Å². The number of carbonyl (C=O) groups is 1. The highest BCUT2D eigenvalue weighted by molar-refractivity contribution is 5.91. The van der Waals surface area contributed by atoms with Gasteiger partial charge in [-0.15, -0.1) is 0 Å². The van der Waals surface area contributed by atoms with Gasteiger partial charge in [-0.3, -0.25) is 4.79 Å². The molecule has 0 saturated carbocycles. The molecular formula is C18H15N3O3. The number of amides is 1. The van der Waals surface area contributed by atoms with E-state index in [0.29, 0.717) is 18.1 Å². The van der Waals surface area contributed by atoms with Gasteiger partial charge in [-0.25, -0.2) is 9.97 Å². The Bertz CT molecular complexity index is 847. The molecule has 24 heavy (non-hydrogen) atoms. The summed E-state index contributed by atoms with van der Waals surface area (Å²) in [4.78, 5) is 20.5. The van der Waals surface area contributed by atoms with Gasteiger partial charge in [-0.1, -0.05) is 12.1 Å². The van der Waals surface area contributed by atoms with Crippen molar-refractivity contribution in [2.75, 3.05) is 6.54 Å². The van der Waals surface area contributed by atoms with Crippen molar-refractivity contribution in [3.05, 3.63) is 66.4 Å². The number of benzene rings is 1. The van der Waals surface area contributed by atoms with Crippen molar-refractivity contribution in [1.29, 1.82) is 0 Å². The van der Waals surface area contributed by atoms with Crippen molar-refractivity contribution < 1.29 is 13.9 Å². The first-order valence-corrected chi connectivity index (χ1v) is 7.69. The van der Waals surface area contributed by atoms with E-state index in [1.54, 1.807) is 30.6 Å². The van der Waals surface area contributed by atoms with Crippen molar-refractivity contribution in [2.24, 2.45) is 0 Å². The molecule has 1 amide bonds. The summed E-state index contributed by atoms with van der Waals surface area (Å²) in [5.41, 5.74) is 1.96. The molecule has 1 aromatic carbocycles. The van der Waals surface area contributed by atoms with Crippen molar-refractivity contribution in [2.45, 2.75) is 12.5 Å². The molecule has 0 unspecified atom stereocenters. The fourth-order valence-corrected chi connectivity index (χ4v) is 2.77. The fourth-order valence-electron chi connectivity index (χ4n) is 2.77. The first-order valence-electron chi connectivity index (χ1n) is 7.69. The molecule has 0 radical (unpaired) electrons. The SMILES string of the molecule is O=C(NC[C@H]1Cc2cccc(-c3ncccn3)c2O1)c1ccco1. The predicted molar refractivity (Wildman–Crippen MR) is 86.6 cm³/mol. The molecule has 120 valence electrons. The van der Waals surface area contributed by atoms with Crippen LogP contribution in [0.15, 0.2) is 59.5 Å². The van der Waals surface area contributed by atoms with Gasteiger partial charge in [-0.05, 0) is 29.8 Å². The number of rotatable bonds is 4. The Morgan fingerprint density at radius 3 is 2.83 bits per heavy atom. The quantitative estimate of drug-likeness (QED) is 0.799. The Hall–Kier alpha value is -3.15. The second-order valence-corrected chi connectivity index (χ2v) is 5.50. The molecule has 1 atom stereocenters. The van der Waals surface area contributed by atoms with Crippen LogP contribution < -0.4 is 10.1 Å². The largest absolute Gasteiger partial charge is 0.487 e. The number of hydrogen-bond acceptors (Lipinski definition) is 5. The van der Waals surface area contributed by atoms with Crippen molar-refractivity contribution >= 4 is 5.91 Å². The first-order chi connectivity index (χ1) is 11.8.